The average Bonchev–Trinajstić information content (AvgIpc) is 3.23. The number of likely N-dealkylation sites (tertiary alicyclic amines) is 1. The Hall–Kier alpha value is -3.19. The third kappa shape index (κ3) is 5.93. The molecular weight excluding hydrogens is 505 g/mol. The van der Waals surface area contributed by atoms with Gasteiger partial charge in [0.05, 0.1) is 21.7 Å². The van der Waals surface area contributed by atoms with E-state index in [1.54, 1.807) is 39.7 Å². The minimum absolute atomic E-state index is 0.177. The predicted octanol–water partition coefficient (Wildman–Crippen LogP) is 5.90. The van der Waals surface area contributed by atoms with Crippen LogP contribution in [0, 0.1) is 11.7 Å². The summed E-state index contributed by atoms with van der Waals surface area (Å²) in [4.78, 5) is 43.2. The molecule has 0 atom stereocenters. The molecule has 0 radical (unpaired) electrons. The second-order valence-electron chi connectivity index (χ2n) is 10.2. The fourth-order valence-electron chi connectivity index (χ4n) is 5.33. The number of benzene rings is 2. The smallest absolute Gasteiger partial charge is 0.295 e. The van der Waals surface area contributed by atoms with Crippen molar-refractivity contribution in [2.75, 3.05) is 26.2 Å². The molecule has 2 heterocycles. The molecule has 0 saturated carbocycles. The fourth-order valence-corrected chi connectivity index (χ4v) is 5.56. The van der Waals surface area contributed by atoms with Gasteiger partial charge in [-0.3, -0.25) is 14.4 Å². The lowest BCUT2D eigenvalue weighted by Crippen LogP contribution is -2.39. The van der Waals surface area contributed by atoms with E-state index in [2.05, 4.69) is 0 Å². The number of halogens is 2. The summed E-state index contributed by atoms with van der Waals surface area (Å²) in [5, 5.41) is 0.874. The van der Waals surface area contributed by atoms with Crippen molar-refractivity contribution in [2.24, 2.45) is 13.0 Å². The van der Waals surface area contributed by atoms with Gasteiger partial charge in [-0.15, -0.1) is 0 Å². The fraction of sp³-hybridized carbons (Fsp3) is 0.433. The minimum atomic E-state index is -0.570. The maximum Gasteiger partial charge on any atom is 0.295 e. The number of hydrogen-bond donors (Lipinski definition) is 0. The summed E-state index contributed by atoms with van der Waals surface area (Å²) in [6.45, 7) is 6.20. The molecule has 0 bridgehead atoms. The van der Waals surface area contributed by atoms with Gasteiger partial charge in [-0.05, 0) is 67.9 Å². The quantitative estimate of drug-likeness (QED) is 0.251. The molecular formula is C30H35ClFN3O3. The van der Waals surface area contributed by atoms with Gasteiger partial charge in [-0.2, -0.15) is 0 Å². The maximum atomic E-state index is 13.5. The van der Waals surface area contributed by atoms with Crippen LogP contribution in [0.25, 0.3) is 10.9 Å². The average molecular weight is 540 g/mol. The number of ketones is 1. The van der Waals surface area contributed by atoms with Crippen LogP contribution in [0.15, 0.2) is 42.6 Å². The van der Waals surface area contributed by atoms with Crippen LogP contribution >= 0.6 is 11.6 Å². The second-order valence-corrected chi connectivity index (χ2v) is 10.6. The number of carbonyl (C=O) groups excluding carboxylic acids is 3. The molecule has 38 heavy (non-hydrogen) atoms. The van der Waals surface area contributed by atoms with E-state index in [1.165, 1.54) is 12.1 Å². The van der Waals surface area contributed by atoms with Gasteiger partial charge in [0, 0.05) is 44.8 Å². The molecule has 0 N–H and O–H groups in total. The highest BCUT2D eigenvalue weighted by Gasteiger charge is 2.29. The zero-order valence-electron chi connectivity index (χ0n) is 22.3. The lowest BCUT2D eigenvalue weighted by Gasteiger charge is -2.32. The van der Waals surface area contributed by atoms with E-state index in [9.17, 15) is 18.8 Å². The lowest BCUT2D eigenvalue weighted by molar-refractivity contribution is -0.126. The molecule has 0 spiro atoms. The summed E-state index contributed by atoms with van der Waals surface area (Å²) in [6, 6.07) is 9.95. The molecule has 1 aliphatic rings. The lowest BCUT2D eigenvalue weighted by atomic mass is 9.90. The minimum Gasteiger partial charge on any atom is -0.350 e. The van der Waals surface area contributed by atoms with Gasteiger partial charge in [-0.25, -0.2) is 4.39 Å². The zero-order chi connectivity index (χ0) is 27.4. The molecule has 0 aliphatic carbocycles. The van der Waals surface area contributed by atoms with Gasteiger partial charge >= 0.3 is 0 Å². The first-order valence-corrected chi connectivity index (χ1v) is 13.8. The van der Waals surface area contributed by atoms with Crippen LogP contribution < -0.4 is 0 Å². The molecule has 4 rings (SSSR count). The van der Waals surface area contributed by atoms with Crippen molar-refractivity contribution >= 4 is 40.1 Å². The number of Topliss-reactive ketones (excluding diaryl/α,β-unsaturated/α-hetero) is 1. The zero-order valence-corrected chi connectivity index (χ0v) is 23.1. The van der Waals surface area contributed by atoms with Crippen LogP contribution in [0.5, 0.6) is 0 Å². The first kappa shape index (κ1) is 27.8. The number of aromatic nitrogens is 1. The normalized spacial score (nSPS) is 14.2. The molecule has 1 aromatic heterocycles. The predicted molar refractivity (Wildman–Crippen MR) is 148 cm³/mol. The van der Waals surface area contributed by atoms with Crippen LogP contribution in [-0.2, 0) is 18.3 Å². The standard InChI is InChI=1S/C30H35ClFN3O3/c1-4-12-34(13-5-2)30(38)28(36)25-19-33(3)27-18-26(31)24(17-23(25)27)29(37)35-14-10-21(11-15-35)16-20-6-8-22(32)9-7-20/h6-9,17-19,21H,4-5,10-16H2,1-3H3. The van der Waals surface area contributed by atoms with Crippen LogP contribution in [-0.4, -0.2) is 58.1 Å². The van der Waals surface area contributed by atoms with Crippen LogP contribution in [0.1, 0.15) is 65.8 Å². The van der Waals surface area contributed by atoms with E-state index >= 15 is 0 Å². The SMILES string of the molecule is CCCN(CCC)C(=O)C(=O)c1cn(C)c2cc(Cl)c(C(=O)N3CCC(Cc4ccc(F)cc4)CC3)cc12. The molecule has 0 unspecified atom stereocenters. The number of piperidine rings is 1. The Kier molecular flexibility index (Phi) is 8.87. The largest absolute Gasteiger partial charge is 0.350 e. The molecule has 3 aromatic rings. The Morgan fingerprint density at radius 1 is 1.00 bits per heavy atom. The van der Waals surface area contributed by atoms with Crippen molar-refractivity contribution < 1.29 is 18.8 Å². The first-order valence-electron chi connectivity index (χ1n) is 13.4. The van der Waals surface area contributed by atoms with Gasteiger partial charge in [-0.1, -0.05) is 37.6 Å². The highest BCUT2D eigenvalue weighted by atomic mass is 35.5. The van der Waals surface area contributed by atoms with E-state index in [4.69, 9.17) is 11.6 Å². The molecule has 1 saturated heterocycles. The number of rotatable bonds is 9. The van der Waals surface area contributed by atoms with E-state index in [1.807, 2.05) is 26.0 Å². The summed E-state index contributed by atoms with van der Waals surface area (Å²) in [6.07, 6.45) is 5.72. The maximum absolute atomic E-state index is 13.5. The summed E-state index contributed by atoms with van der Waals surface area (Å²) >= 11 is 6.57. The van der Waals surface area contributed by atoms with Gasteiger partial charge in [0.25, 0.3) is 17.6 Å². The molecule has 202 valence electrons. The second kappa shape index (κ2) is 12.1. The first-order chi connectivity index (χ1) is 18.2. The van der Waals surface area contributed by atoms with Gasteiger partial charge in [0.15, 0.2) is 0 Å². The number of nitrogens with zero attached hydrogens (tertiary/aromatic N) is 3. The van der Waals surface area contributed by atoms with Crippen molar-refractivity contribution in [1.29, 1.82) is 0 Å². The van der Waals surface area contributed by atoms with Crippen molar-refractivity contribution in [2.45, 2.75) is 46.0 Å². The Bertz CT molecular complexity index is 1320. The van der Waals surface area contributed by atoms with Gasteiger partial charge in [0.1, 0.15) is 5.82 Å². The topological polar surface area (TPSA) is 62.6 Å². The van der Waals surface area contributed by atoms with E-state index < -0.39 is 11.7 Å². The Balaban J connectivity index is 1.53. The third-order valence-corrected chi connectivity index (χ3v) is 7.67. The summed E-state index contributed by atoms with van der Waals surface area (Å²) in [7, 11) is 1.79. The van der Waals surface area contributed by atoms with Crippen LogP contribution in [0.3, 0.4) is 0 Å². The number of fused-ring (bicyclic) bond motifs is 1. The van der Waals surface area contributed by atoms with Crippen LogP contribution in [0.2, 0.25) is 5.02 Å². The van der Waals surface area contributed by atoms with E-state index in [0.717, 1.165) is 37.7 Å². The molecule has 1 aliphatic heterocycles. The highest BCUT2D eigenvalue weighted by Crippen LogP contribution is 2.31. The summed E-state index contributed by atoms with van der Waals surface area (Å²) in [5.74, 6) is -1.09. The monoisotopic (exact) mass is 539 g/mol. The summed E-state index contributed by atoms with van der Waals surface area (Å²) < 4.78 is 15.0. The molecule has 2 aromatic carbocycles. The number of amides is 2. The van der Waals surface area contributed by atoms with Crippen molar-refractivity contribution in [3.05, 3.63) is 70.1 Å². The highest BCUT2D eigenvalue weighted by molar-refractivity contribution is 6.45. The number of hydrogen-bond acceptors (Lipinski definition) is 3. The Morgan fingerprint density at radius 2 is 1.63 bits per heavy atom. The van der Waals surface area contributed by atoms with Crippen LogP contribution in [0.4, 0.5) is 4.39 Å². The van der Waals surface area contributed by atoms with Crippen molar-refractivity contribution in [1.82, 2.24) is 14.4 Å². The van der Waals surface area contributed by atoms with Crippen molar-refractivity contribution in [3.63, 3.8) is 0 Å². The van der Waals surface area contributed by atoms with E-state index in [0.29, 0.717) is 53.6 Å². The molecule has 6 nitrogen and oxygen atoms in total. The number of aryl methyl sites for hydroxylation is 1. The van der Waals surface area contributed by atoms with Crippen molar-refractivity contribution in [3.8, 4) is 0 Å². The van der Waals surface area contributed by atoms with E-state index in [-0.39, 0.29) is 17.3 Å². The molecule has 8 heteroatoms. The third-order valence-electron chi connectivity index (χ3n) is 7.36. The molecule has 2 amide bonds. The number of carbonyl (C=O) groups is 3. The Morgan fingerprint density at radius 3 is 2.24 bits per heavy atom. The molecule has 1 fully saturated rings. The van der Waals surface area contributed by atoms with Gasteiger partial charge in [0.2, 0.25) is 0 Å². The van der Waals surface area contributed by atoms with Gasteiger partial charge < -0.3 is 14.4 Å². The summed E-state index contributed by atoms with van der Waals surface area (Å²) in [5.41, 5.74) is 2.41. The Labute approximate surface area is 228 Å².